The maximum Gasteiger partial charge on any atom is 0.339 e. The van der Waals surface area contributed by atoms with Crippen molar-refractivity contribution in [2.75, 3.05) is 0 Å². The molecule has 3 rings (SSSR count). The molecule has 21 heavy (non-hydrogen) atoms. The molecule has 0 radical (unpaired) electrons. The van der Waals surface area contributed by atoms with Crippen LogP contribution in [-0.4, -0.2) is 16.1 Å². The van der Waals surface area contributed by atoms with E-state index in [-0.39, 0.29) is 5.56 Å². The summed E-state index contributed by atoms with van der Waals surface area (Å²) in [6.07, 6.45) is 1.82. The minimum Gasteiger partial charge on any atom is -0.478 e. The second kappa shape index (κ2) is 5.67. The number of furan rings is 1. The van der Waals surface area contributed by atoms with Gasteiger partial charge in [0.2, 0.25) is 0 Å². The van der Waals surface area contributed by atoms with E-state index >= 15 is 0 Å². The number of nitrogens with one attached hydrogen (secondary N) is 1. The van der Waals surface area contributed by atoms with Crippen LogP contribution in [0.5, 0.6) is 0 Å². The topological polar surface area (TPSA) is 75.4 Å². The normalized spacial score (nSPS) is 11.1. The van der Waals surface area contributed by atoms with Gasteiger partial charge in [0.15, 0.2) is 0 Å². The van der Waals surface area contributed by atoms with Crippen molar-refractivity contribution < 1.29 is 14.3 Å². The highest BCUT2D eigenvalue weighted by atomic mass is 32.1. The van der Waals surface area contributed by atoms with Gasteiger partial charge in [-0.05, 0) is 13.0 Å². The monoisotopic (exact) mass is 302 g/mol. The van der Waals surface area contributed by atoms with Crippen molar-refractivity contribution in [3.8, 4) is 0 Å². The van der Waals surface area contributed by atoms with Crippen LogP contribution in [0.4, 0.5) is 0 Å². The van der Waals surface area contributed by atoms with Gasteiger partial charge in [0.25, 0.3) is 0 Å². The number of benzene rings is 1. The summed E-state index contributed by atoms with van der Waals surface area (Å²) in [5.41, 5.74) is 0.832. The number of carbonyl (C=O) groups is 1. The quantitative estimate of drug-likeness (QED) is 0.757. The summed E-state index contributed by atoms with van der Waals surface area (Å²) in [6, 6.07) is 7.17. The first kappa shape index (κ1) is 13.8. The standard InChI is InChI=1S/C15H14N2O3S/c1-9-17-7-10(21-9)6-16-8-13-14(15(18)19)11-4-2-3-5-12(11)20-13/h2-5,7,16H,6,8H2,1H3,(H,18,19). The van der Waals surface area contributed by atoms with Gasteiger partial charge in [-0.2, -0.15) is 0 Å². The molecule has 0 atom stereocenters. The second-order valence-electron chi connectivity index (χ2n) is 4.65. The summed E-state index contributed by atoms with van der Waals surface area (Å²) in [6.45, 7) is 2.96. The average Bonchev–Trinajstić information content (AvgIpc) is 3.02. The molecule has 0 bridgehead atoms. The van der Waals surface area contributed by atoms with Crippen molar-refractivity contribution in [1.82, 2.24) is 10.3 Å². The Bertz CT molecular complexity index is 791. The Morgan fingerprint density at radius 1 is 1.38 bits per heavy atom. The summed E-state index contributed by atoms with van der Waals surface area (Å²) in [7, 11) is 0. The summed E-state index contributed by atoms with van der Waals surface area (Å²) in [5.74, 6) is -0.518. The van der Waals surface area contributed by atoms with Gasteiger partial charge in [-0.3, -0.25) is 0 Å². The summed E-state index contributed by atoms with van der Waals surface area (Å²) in [5, 5.41) is 14.2. The molecule has 5 nitrogen and oxygen atoms in total. The van der Waals surface area contributed by atoms with Crippen LogP contribution in [0.1, 0.15) is 26.0 Å². The number of rotatable bonds is 5. The fourth-order valence-corrected chi connectivity index (χ4v) is 3.01. The molecule has 1 aromatic carbocycles. The third-order valence-electron chi connectivity index (χ3n) is 3.14. The van der Waals surface area contributed by atoms with E-state index in [0.717, 1.165) is 9.88 Å². The number of nitrogens with zero attached hydrogens (tertiary/aromatic N) is 1. The van der Waals surface area contributed by atoms with Crippen LogP contribution >= 0.6 is 11.3 Å². The second-order valence-corrected chi connectivity index (χ2v) is 5.97. The molecule has 2 aromatic heterocycles. The van der Waals surface area contributed by atoms with E-state index in [2.05, 4.69) is 10.3 Å². The fraction of sp³-hybridized carbons (Fsp3) is 0.200. The smallest absolute Gasteiger partial charge is 0.339 e. The van der Waals surface area contributed by atoms with Gasteiger partial charge in [0, 0.05) is 23.0 Å². The molecular formula is C15H14N2O3S. The zero-order valence-corrected chi connectivity index (χ0v) is 12.2. The number of carboxylic acid groups (broad SMARTS) is 1. The lowest BCUT2D eigenvalue weighted by molar-refractivity contribution is 0.0696. The predicted molar refractivity (Wildman–Crippen MR) is 80.6 cm³/mol. The molecule has 0 amide bonds. The van der Waals surface area contributed by atoms with E-state index in [1.54, 1.807) is 23.5 Å². The maximum atomic E-state index is 11.4. The van der Waals surface area contributed by atoms with Crippen molar-refractivity contribution in [3.05, 3.63) is 51.7 Å². The maximum absolute atomic E-state index is 11.4. The van der Waals surface area contributed by atoms with Crippen LogP contribution in [0.3, 0.4) is 0 Å². The number of aryl methyl sites for hydroxylation is 1. The van der Waals surface area contributed by atoms with E-state index in [0.29, 0.717) is 29.8 Å². The Kier molecular flexibility index (Phi) is 3.72. The molecule has 0 aliphatic rings. The van der Waals surface area contributed by atoms with Crippen molar-refractivity contribution in [3.63, 3.8) is 0 Å². The van der Waals surface area contributed by atoms with E-state index in [1.165, 1.54) is 0 Å². The van der Waals surface area contributed by atoms with Crippen molar-refractivity contribution in [1.29, 1.82) is 0 Å². The molecule has 3 aromatic rings. The number of fused-ring (bicyclic) bond motifs is 1. The number of aromatic nitrogens is 1. The first-order chi connectivity index (χ1) is 10.1. The van der Waals surface area contributed by atoms with Crippen LogP contribution in [0, 0.1) is 6.92 Å². The Morgan fingerprint density at radius 2 is 2.19 bits per heavy atom. The number of para-hydroxylation sites is 1. The van der Waals surface area contributed by atoms with Crippen molar-refractivity contribution in [2.45, 2.75) is 20.0 Å². The minimum absolute atomic E-state index is 0.235. The number of thiazole rings is 1. The zero-order chi connectivity index (χ0) is 14.8. The lowest BCUT2D eigenvalue weighted by atomic mass is 10.1. The molecule has 6 heteroatoms. The summed E-state index contributed by atoms with van der Waals surface area (Å²) in [4.78, 5) is 16.7. The Hall–Kier alpha value is -2.18. The van der Waals surface area contributed by atoms with E-state index in [4.69, 9.17) is 4.42 Å². The van der Waals surface area contributed by atoms with Gasteiger partial charge >= 0.3 is 5.97 Å². The largest absolute Gasteiger partial charge is 0.478 e. The third-order valence-corrected chi connectivity index (χ3v) is 4.05. The van der Waals surface area contributed by atoms with Gasteiger partial charge in [-0.25, -0.2) is 9.78 Å². The van der Waals surface area contributed by atoms with E-state index < -0.39 is 5.97 Å². The lowest BCUT2D eigenvalue weighted by Crippen LogP contribution is -2.13. The molecule has 0 unspecified atom stereocenters. The van der Waals surface area contributed by atoms with Gasteiger partial charge in [-0.1, -0.05) is 18.2 Å². The van der Waals surface area contributed by atoms with Crippen LogP contribution in [0.2, 0.25) is 0 Å². The SMILES string of the molecule is Cc1ncc(CNCc2oc3ccccc3c2C(=O)O)s1. The van der Waals surface area contributed by atoms with Crippen molar-refractivity contribution in [2.24, 2.45) is 0 Å². The zero-order valence-electron chi connectivity index (χ0n) is 11.4. The van der Waals surface area contributed by atoms with Gasteiger partial charge in [0.05, 0.1) is 11.6 Å². The number of aromatic carboxylic acids is 1. The summed E-state index contributed by atoms with van der Waals surface area (Å²) >= 11 is 1.62. The van der Waals surface area contributed by atoms with E-state index in [1.807, 2.05) is 25.3 Å². The molecule has 108 valence electrons. The fourth-order valence-electron chi connectivity index (χ4n) is 2.24. The highest BCUT2D eigenvalue weighted by Crippen LogP contribution is 2.26. The number of hydrogen-bond donors (Lipinski definition) is 2. The van der Waals surface area contributed by atoms with Crippen LogP contribution in [-0.2, 0) is 13.1 Å². The lowest BCUT2D eigenvalue weighted by Gasteiger charge is -2.01. The molecule has 0 aliphatic carbocycles. The number of carboxylic acids is 1. The average molecular weight is 302 g/mol. The Morgan fingerprint density at radius 3 is 2.90 bits per heavy atom. The third kappa shape index (κ3) is 2.81. The van der Waals surface area contributed by atoms with Crippen LogP contribution in [0.15, 0.2) is 34.9 Å². The van der Waals surface area contributed by atoms with Crippen LogP contribution in [0.25, 0.3) is 11.0 Å². The van der Waals surface area contributed by atoms with Gasteiger partial charge in [-0.15, -0.1) is 11.3 Å². The molecule has 0 saturated heterocycles. The molecule has 0 saturated carbocycles. The predicted octanol–water partition coefficient (Wildman–Crippen LogP) is 3.19. The number of hydrogen-bond acceptors (Lipinski definition) is 5. The first-order valence-electron chi connectivity index (χ1n) is 6.51. The molecule has 2 heterocycles. The Labute approximate surface area is 125 Å². The minimum atomic E-state index is -0.967. The molecule has 2 N–H and O–H groups in total. The molecule has 0 spiro atoms. The Balaban J connectivity index is 1.80. The molecule has 0 fully saturated rings. The highest BCUT2D eigenvalue weighted by Gasteiger charge is 2.19. The first-order valence-corrected chi connectivity index (χ1v) is 7.32. The highest BCUT2D eigenvalue weighted by molar-refractivity contribution is 7.11. The van der Waals surface area contributed by atoms with E-state index in [9.17, 15) is 9.90 Å². The van der Waals surface area contributed by atoms with Crippen LogP contribution < -0.4 is 5.32 Å². The van der Waals surface area contributed by atoms with Crippen molar-refractivity contribution >= 4 is 28.3 Å². The van der Waals surface area contributed by atoms with Gasteiger partial charge < -0.3 is 14.8 Å². The molecule has 0 aliphatic heterocycles. The summed E-state index contributed by atoms with van der Waals surface area (Å²) < 4.78 is 5.65. The molecular weight excluding hydrogens is 288 g/mol. The van der Waals surface area contributed by atoms with Gasteiger partial charge in [0.1, 0.15) is 16.9 Å².